The summed E-state index contributed by atoms with van der Waals surface area (Å²) in [6, 6.07) is 11.5. The molecule has 1 heterocycles. The maximum absolute atomic E-state index is 12.8. The minimum Gasteiger partial charge on any atom is -0.496 e. The summed E-state index contributed by atoms with van der Waals surface area (Å²) in [6.45, 7) is 8.06. The van der Waals surface area contributed by atoms with Crippen LogP contribution in [0.15, 0.2) is 42.5 Å². The number of benzene rings is 2. The van der Waals surface area contributed by atoms with Crippen LogP contribution in [-0.2, 0) is 4.79 Å². The van der Waals surface area contributed by atoms with E-state index in [1.807, 2.05) is 29.2 Å². The molecule has 2 aromatic carbocycles. The van der Waals surface area contributed by atoms with E-state index in [-0.39, 0.29) is 23.2 Å². The van der Waals surface area contributed by atoms with E-state index in [1.165, 1.54) is 24.8 Å². The Labute approximate surface area is 193 Å². The molecule has 9 nitrogen and oxygen atoms in total. The first-order chi connectivity index (χ1) is 15.7. The molecule has 9 heteroatoms. The van der Waals surface area contributed by atoms with Crippen molar-refractivity contribution in [1.82, 2.24) is 9.80 Å². The molecule has 1 N–H and O–H groups in total. The third-order valence-corrected chi connectivity index (χ3v) is 6.01. The number of anilines is 1. The number of nitrogens with one attached hydrogen (secondary N) is 1. The van der Waals surface area contributed by atoms with E-state index in [9.17, 15) is 19.7 Å². The maximum Gasteiger partial charge on any atom is 0.296 e. The molecule has 1 aliphatic heterocycles. The lowest BCUT2D eigenvalue weighted by Gasteiger charge is -2.37. The smallest absolute Gasteiger partial charge is 0.296 e. The number of ether oxygens (including phenoxy) is 1. The Hall–Kier alpha value is -3.46. The first-order valence-electron chi connectivity index (χ1n) is 11.0. The van der Waals surface area contributed by atoms with Crippen LogP contribution >= 0.6 is 0 Å². The number of carbonyl (C=O) groups is 2. The van der Waals surface area contributed by atoms with Crippen LogP contribution in [0.2, 0.25) is 0 Å². The van der Waals surface area contributed by atoms with Crippen LogP contribution in [0.5, 0.6) is 5.75 Å². The predicted molar refractivity (Wildman–Crippen MR) is 126 cm³/mol. The predicted octanol–water partition coefficient (Wildman–Crippen LogP) is 3.51. The van der Waals surface area contributed by atoms with Gasteiger partial charge in [0, 0.05) is 31.7 Å². The van der Waals surface area contributed by atoms with Crippen molar-refractivity contribution >= 4 is 23.2 Å². The minimum atomic E-state index is -0.555. The third kappa shape index (κ3) is 5.67. The Morgan fingerprint density at radius 1 is 1.03 bits per heavy atom. The average Bonchev–Trinajstić information content (AvgIpc) is 2.83. The van der Waals surface area contributed by atoms with Crippen LogP contribution in [0.3, 0.4) is 0 Å². The van der Waals surface area contributed by atoms with E-state index >= 15 is 0 Å². The molecule has 3 rings (SSSR count). The second kappa shape index (κ2) is 10.4. The van der Waals surface area contributed by atoms with Gasteiger partial charge in [-0.1, -0.05) is 26.0 Å². The Kier molecular flexibility index (Phi) is 7.65. The highest BCUT2D eigenvalue weighted by Crippen LogP contribution is 2.29. The Morgan fingerprint density at radius 3 is 2.21 bits per heavy atom. The van der Waals surface area contributed by atoms with Gasteiger partial charge in [-0.2, -0.15) is 0 Å². The normalized spacial score (nSPS) is 15.2. The number of nitro groups is 1. The SMILES string of the molecule is COc1ccc(NC(=O)C(C)N2CCN(C(=O)c3ccc(C(C)C)cc3)CC2)c([N+](=O)[O-])c1. The fourth-order valence-electron chi connectivity index (χ4n) is 3.80. The van der Waals surface area contributed by atoms with Gasteiger partial charge in [-0.05, 0) is 42.7 Å². The molecule has 0 bridgehead atoms. The molecule has 0 saturated carbocycles. The molecule has 33 heavy (non-hydrogen) atoms. The van der Waals surface area contributed by atoms with Gasteiger partial charge in [0.2, 0.25) is 5.91 Å². The fourth-order valence-corrected chi connectivity index (χ4v) is 3.80. The highest BCUT2D eigenvalue weighted by molar-refractivity contribution is 5.97. The van der Waals surface area contributed by atoms with Crippen LogP contribution in [0, 0.1) is 10.1 Å². The Balaban J connectivity index is 1.59. The Morgan fingerprint density at radius 2 is 1.67 bits per heavy atom. The van der Waals surface area contributed by atoms with E-state index < -0.39 is 11.0 Å². The zero-order chi connectivity index (χ0) is 24.1. The lowest BCUT2D eigenvalue weighted by atomic mass is 10.0. The van der Waals surface area contributed by atoms with Crippen LogP contribution < -0.4 is 10.1 Å². The molecule has 1 fully saturated rings. The largest absolute Gasteiger partial charge is 0.496 e. The fraction of sp³-hybridized carbons (Fsp3) is 0.417. The van der Waals surface area contributed by atoms with Crippen molar-refractivity contribution in [1.29, 1.82) is 0 Å². The average molecular weight is 455 g/mol. The second-order valence-corrected chi connectivity index (χ2v) is 8.41. The van der Waals surface area contributed by atoms with Crippen molar-refractivity contribution in [2.75, 3.05) is 38.6 Å². The van der Waals surface area contributed by atoms with Crippen molar-refractivity contribution in [3.05, 3.63) is 63.7 Å². The number of piperazine rings is 1. The summed E-state index contributed by atoms with van der Waals surface area (Å²) in [6.07, 6.45) is 0. The van der Waals surface area contributed by atoms with E-state index in [0.29, 0.717) is 43.4 Å². The van der Waals surface area contributed by atoms with E-state index in [4.69, 9.17) is 4.74 Å². The first-order valence-corrected chi connectivity index (χ1v) is 11.0. The van der Waals surface area contributed by atoms with Crippen molar-refractivity contribution < 1.29 is 19.2 Å². The number of nitrogens with zero attached hydrogens (tertiary/aromatic N) is 3. The zero-order valence-corrected chi connectivity index (χ0v) is 19.4. The summed E-state index contributed by atoms with van der Waals surface area (Å²) in [5.41, 5.74) is 1.74. The van der Waals surface area contributed by atoms with Crippen molar-refractivity contribution in [2.24, 2.45) is 0 Å². The summed E-state index contributed by atoms with van der Waals surface area (Å²) < 4.78 is 5.03. The lowest BCUT2D eigenvalue weighted by molar-refractivity contribution is -0.384. The summed E-state index contributed by atoms with van der Waals surface area (Å²) >= 11 is 0. The van der Waals surface area contributed by atoms with Gasteiger partial charge in [-0.15, -0.1) is 0 Å². The molecule has 0 aromatic heterocycles. The van der Waals surface area contributed by atoms with Gasteiger partial charge >= 0.3 is 0 Å². The molecule has 1 unspecified atom stereocenters. The quantitative estimate of drug-likeness (QED) is 0.507. The standard InChI is InChI=1S/C24H30N4O5/c1-16(2)18-5-7-19(8-6-18)24(30)27-13-11-26(12-14-27)17(3)23(29)25-21-10-9-20(33-4)15-22(21)28(31)32/h5-10,15-17H,11-14H2,1-4H3,(H,25,29). The molecule has 1 aliphatic rings. The molecule has 176 valence electrons. The van der Waals surface area contributed by atoms with E-state index in [0.717, 1.165) is 0 Å². The second-order valence-electron chi connectivity index (χ2n) is 8.41. The number of rotatable bonds is 7. The van der Waals surface area contributed by atoms with Gasteiger partial charge in [0.25, 0.3) is 11.6 Å². The lowest BCUT2D eigenvalue weighted by Crippen LogP contribution is -2.54. The molecule has 2 aromatic rings. The third-order valence-electron chi connectivity index (χ3n) is 6.01. The summed E-state index contributed by atoms with van der Waals surface area (Å²) in [4.78, 5) is 40.2. The van der Waals surface area contributed by atoms with Gasteiger partial charge in [-0.3, -0.25) is 24.6 Å². The van der Waals surface area contributed by atoms with Gasteiger partial charge in [-0.25, -0.2) is 0 Å². The number of carbonyl (C=O) groups excluding carboxylic acids is 2. The summed E-state index contributed by atoms with van der Waals surface area (Å²) in [5.74, 6) is 0.389. The topological polar surface area (TPSA) is 105 Å². The van der Waals surface area contributed by atoms with Gasteiger partial charge < -0.3 is 15.0 Å². The van der Waals surface area contributed by atoms with Gasteiger partial charge in [0.1, 0.15) is 11.4 Å². The van der Waals surface area contributed by atoms with E-state index in [1.54, 1.807) is 17.9 Å². The summed E-state index contributed by atoms with van der Waals surface area (Å²) in [7, 11) is 1.42. The minimum absolute atomic E-state index is 0.0177. The van der Waals surface area contributed by atoms with Crippen LogP contribution in [0.25, 0.3) is 0 Å². The monoisotopic (exact) mass is 454 g/mol. The van der Waals surface area contributed by atoms with Crippen molar-refractivity contribution in [3.63, 3.8) is 0 Å². The highest BCUT2D eigenvalue weighted by atomic mass is 16.6. The maximum atomic E-state index is 12.8. The first kappa shape index (κ1) is 24.2. The molecular formula is C24H30N4O5. The molecular weight excluding hydrogens is 424 g/mol. The van der Waals surface area contributed by atoms with Gasteiger partial charge in [0.15, 0.2) is 0 Å². The highest BCUT2D eigenvalue weighted by Gasteiger charge is 2.29. The van der Waals surface area contributed by atoms with Crippen molar-refractivity contribution in [3.8, 4) is 5.75 Å². The molecule has 1 atom stereocenters. The molecule has 0 radical (unpaired) electrons. The van der Waals surface area contributed by atoms with Crippen LogP contribution in [-0.4, -0.2) is 65.9 Å². The Bertz CT molecular complexity index is 1010. The van der Waals surface area contributed by atoms with Crippen LogP contribution in [0.4, 0.5) is 11.4 Å². The van der Waals surface area contributed by atoms with Crippen molar-refractivity contribution in [2.45, 2.75) is 32.7 Å². The number of hydrogen-bond donors (Lipinski definition) is 1. The zero-order valence-electron chi connectivity index (χ0n) is 19.4. The number of nitro benzene ring substituents is 1. The molecule has 0 aliphatic carbocycles. The van der Waals surface area contributed by atoms with Gasteiger partial charge in [0.05, 0.1) is 24.1 Å². The summed E-state index contributed by atoms with van der Waals surface area (Å²) in [5, 5.41) is 14.0. The number of amides is 2. The molecule has 1 saturated heterocycles. The number of hydrogen-bond acceptors (Lipinski definition) is 6. The molecule has 0 spiro atoms. The number of methoxy groups -OCH3 is 1. The molecule has 2 amide bonds. The van der Waals surface area contributed by atoms with Crippen LogP contribution in [0.1, 0.15) is 42.6 Å². The van der Waals surface area contributed by atoms with E-state index in [2.05, 4.69) is 19.2 Å².